The van der Waals surface area contributed by atoms with Crippen LogP contribution in [0.2, 0.25) is 0 Å². The molecular formula is C29H27N3O2S. The molecule has 1 unspecified atom stereocenters. The molecular weight excluding hydrogens is 454 g/mol. The summed E-state index contributed by atoms with van der Waals surface area (Å²) < 4.78 is 0. The van der Waals surface area contributed by atoms with Gasteiger partial charge in [0.25, 0.3) is 0 Å². The Balaban J connectivity index is 1.45. The van der Waals surface area contributed by atoms with Gasteiger partial charge in [0.15, 0.2) is 0 Å². The summed E-state index contributed by atoms with van der Waals surface area (Å²) in [6.07, 6.45) is 0.680. The first-order valence-corrected chi connectivity index (χ1v) is 12.4. The average molecular weight is 482 g/mol. The smallest absolute Gasteiger partial charge is 0.308 e. The van der Waals surface area contributed by atoms with E-state index in [1.165, 1.54) is 11.8 Å². The Bertz CT molecular complexity index is 1190. The molecule has 35 heavy (non-hydrogen) atoms. The molecule has 1 atom stereocenters. The van der Waals surface area contributed by atoms with E-state index in [1.54, 1.807) is 4.90 Å². The molecule has 176 valence electrons. The summed E-state index contributed by atoms with van der Waals surface area (Å²) in [5, 5.41) is 5.37. The van der Waals surface area contributed by atoms with Gasteiger partial charge >= 0.3 is 6.03 Å². The van der Waals surface area contributed by atoms with Crippen LogP contribution in [0.1, 0.15) is 13.3 Å². The highest BCUT2D eigenvalue weighted by Crippen LogP contribution is 2.33. The highest BCUT2D eigenvalue weighted by atomic mass is 32.2. The second kappa shape index (κ2) is 11.9. The van der Waals surface area contributed by atoms with Crippen LogP contribution >= 0.6 is 11.8 Å². The number of carbonyl (C=O) groups is 2. The fourth-order valence-corrected chi connectivity index (χ4v) is 4.60. The van der Waals surface area contributed by atoms with Crippen LogP contribution < -0.4 is 15.5 Å². The van der Waals surface area contributed by atoms with Crippen LogP contribution in [0.25, 0.3) is 0 Å². The Morgan fingerprint density at radius 3 is 1.63 bits per heavy atom. The molecule has 4 rings (SSSR count). The minimum atomic E-state index is -0.306. The van der Waals surface area contributed by atoms with Crippen molar-refractivity contribution in [3.63, 3.8) is 0 Å². The largest absolute Gasteiger partial charge is 0.323 e. The number of rotatable bonds is 8. The third-order valence-corrected chi connectivity index (χ3v) is 6.68. The first kappa shape index (κ1) is 24.1. The fourth-order valence-electron chi connectivity index (χ4n) is 3.61. The summed E-state index contributed by atoms with van der Waals surface area (Å²) in [7, 11) is 0. The lowest BCUT2D eigenvalue weighted by Gasteiger charge is -2.27. The second-order valence-corrected chi connectivity index (χ2v) is 9.11. The summed E-state index contributed by atoms with van der Waals surface area (Å²) in [5.41, 5.74) is 3.08. The Labute approximate surface area is 210 Å². The third kappa shape index (κ3) is 6.52. The van der Waals surface area contributed by atoms with Crippen LogP contribution in [0.15, 0.2) is 120 Å². The van der Waals surface area contributed by atoms with Crippen molar-refractivity contribution in [2.45, 2.75) is 23.5 Å². The Morgan fingerprint density at radius 2 is 1.14 bits per heavy atom. The van der Waals surface area contributed by atoms with Gasteiger partial charge in [0, 0.05) is 27.6 Å². The summed E-state index contributed by atoms with van der Waals surface area (Å²) in [6.45, 7) is 2.02. The van der Waals surface area contributed by atoms with E-state index in [0.717, 1.165) is 22.0 Å². The summed E-state index contributed by atoms with van der Waals surface area (Å²) in [5.74, 6) is 0.0272. The predicted molar refractivity (Wildman–Crippen MR) is 145 cm³/mol. The van der Waals surface area contributed by atoms with Gasteiger partial charge in [-0.25, -0.2) is 4.79 Å². The van der Waals surface area contributed by atoms with Crippen molar-refractivity contribution in [2.75, 3.05) is 15.5 Å². The molecule has 0 aliphatic heterocycles. The molecule has 0 heterocycles. The minimum absolute atomic E-state index is 0.0272. The molecule has 0 aromatic heterocycles. The number of urea groups is 1. The van der Waals surface area contributed by atoms with Crippen LogP contribution in [0.5, 0.6) is 0 Å². The average Bonchev–Trinajstić information content (AvgIpc) is 2.90. The number of carbonyl (C=O) groups excluding carboxylic acids is 2. The molecule has 0 bridgehead atoms. The van der Waals surface area contributed by atoms with Crippen molar-refractivity contribution < 1.29 is 9.59 Å². The molecule has 4 aromatic carbocycles. The monoisotopic (exact) mass is 481 g/mol. The standard InChI is InChI=1S/C29H27N3O2S/c1-2-27(28(33)32(24-14-8-4-9-15-24)25-16-10-5-11-17-25)35-26-20-18-23(19-21-26)31-29(34)30-22-12-6-3-7-13-22/h3-21,27H,2H2,1H3,(H2,30,31,34). The van der Waals surface area contributed by atoms with E-state index in [1.807, 2.05) is 122 Å². The summed E-state index contributed by atoms with van der Waals surface area (Å²) >= 11 is 1.53. The predicted octanol–water partition coefficient (Wildman–Crippen LogP) is 7.57. The van der Waals surface area contributed by atoms with Gasteiger partial charge in [-0.1, -0.05) is 61.5 Å². The molecule has 5 nitrogen and oxygen atoms in total. The van der Waals surface area contributed by atoms with E-state index in [0.29, 0.717) is 12.1 Å². The molecule has 4 aromatic rings. The van der Waals surface area contributed by atoms with Crippen LogP contribution in [-0.2, 0) is 4.79 Å². The molecule has 0 fully saturated rings. The maximum Gasteiger partial charge on any atom is 0.323 e. The number of anilines is 4. The summed E-state index contributed by atoms with van der Waals surface area (Å²) in [4.78, 5) is 28.7. The first-order chi connectivity index (χ1) is 17.1. The first-order valence-electron chi connectivity index (χ1n) is 11.5. The van der Waals surface area contributed by atoms with Gasteiger partial charge in [0.05, 0.1) is 5.25 Å². The second-order valence-electron chi connectivity index (χ2n) is 7.83. The molecule has 0 aliphatic rings. The van der Waals surface area contributed by atoms with E-state index in [2.05, 4.69) is 10.6 Å². The molecule has 6 heteroatoms. The lowest BCUT2D eigenvalue weighted by atomic mass is 10.2. The number of nitrogens with one attached hydrogen (secondary N) is 2. The van der Waals surface area contributed by atoms with Gasteiger partial charge in [0.1, 0.15) is 0 Å². The van der Waals surface area contributed by atoms with Crippen molar-refractivity contribution in [2.24, 2.45) is 0 Å². The van der Waals surface area contributed by atoms with Crippen molar-refractivity contribution >= 4 is 46.4 Å². The zero-order valence-electron chi connectivity index (χ0n) is 19.4. The zero-order chi connectivity index (χ0) is 24.5. The lowest BCUT2D eigenvalue weighted by molar-refractivity contribution is -0.117. The number of nitrogens with zero attached hydrogens (tertiary/aromatic N) is 1. The number of benzene rings is 4. The minimum Gasteiger partial charge on any atom is -0.308 e. The van der Waals surface area contributed by atoms with Gasteiger partial charge in [-0.3, -0.25) is 9.69 Å². The van der Waals surface area contributed by atoms with Crippen molar-refractivity contribution in [3.8, 4) is 0 Å². The Hall–Kier alpha value is -4.03. The van der Waals surface area contributed by atoms with Gasteiger partial charge in [0.2, 0.25) is 5.91 Å². The highest BCUT2D eigenvalue weighted by Gasteiger charge is 2.26. The molecule has 0 saturated heterocycles. The molecule has 0 radical (unpaired) electrons. The normalized spacial score (nSPS) is 11.3. The number of thioether (sulfide) groups is 1. The van der Waals surface area contributed by atoms with Gasteiger partial charge in [-0.15, -0.1) is 11.8 Å². The van der Waals surface area contributed by atoms with Crippen LogP contribution in [-0.4, -0.2) is 17.2 Å². The highest BCUT2D eigenvalue weighted by molar-refractivity contribution is 8.00. The fraction of sp³-hybridized carbons (Fsp3) is 0.103. The SMILES string of the molecule is CCC(Sc1ccc(NC(=O)Nc2ccccc2)cc1)C(=O)N(c1ccccc1)c1ccccc1. The molecule has 0 saturated carbocycles. The van der Waals surface area contributed by atoms with Gasteiger partial charge in [-0.05, 0) is 67.1 Å². The third-order valence-electron chi connectivity index (χ3n) is 5.32. The molecule has 2 N–H and O–H groups in total. The number of amides is 3. The Morgan fingerprint density at radius 1 is 0.686 bits per heavy atom. The van der Waals surface area contributed by atoms with Crippen molar-refractivity contribution in [1.29, 1.82) is 0 Å². The van der Waals surface area contributed by atoms with Crippen molar-refractivity contribution in [3.05, 3.63) is 115 Å². The van der Waals surface area contributed by atoms with Crippen LogP contribution in [0.4, 0.5) is 27.5 Å². The zero-order valence-corrected chi connectivity index (χ0v) is 20.2. The van der Waals surface area contributed by atoms with E-state index in [4.69, 9.17) is 0 Å². The van der Waals surface area contributed by atoms with E-state index < -0.39 is 0 Å². The molecule has 0 aliphatic carbocycles. The van der Waals surface area contributed by atoms with E-state index >= 15 is 0 Å². The number of hydrogen-bond donors (Lipinski definition) is 2. The van der Waals surface area contributed by atoms with Crippen LogP contribution in [0, 0.1) is 0 Å². The van der Waals surface area contributed by atoms with Crippen molar-refractivity contribution in [1.82, 2.24) is 0 Å². The number of para-hydroxylation sites is 3. The number of hydrogen-bond acceptors (Lipinski definition) is 3. The topological polar surface area (TPSA) is 61.4 Å². The van der Waals surface area contributed by atoms with Gasteiger partial charge < -0.3 is 10.6 Å². The maximum atomic E-state index is 13.7. The van der Waals surface area contributed by atoms with E-state index in [9.17, 15) is 9.59 Å². The summed E-state index contributed by atoms with van der Waals surface area (Å²) in [6, 6.07) is 35.9. The Kier molecular flexibility index (Phi) is 8.20. The van der Waals surface area contributed by atoms with Crippen LogP contribution in [0.3, 0.4) is 0 Å². The quantitative estimate of drug-likeness (QED) is 0.255. The maximum absolute atomic E-state index is 13.7. The lowest BCUT2D eigenvalue weighted by Crippen LogP contribution is -2.34. The molecule has 3 amide bonds. The van der Waals surface area contributed by atoms with Gasteiger partial charge in [-0.2, -0.15) is 0 Å². The van der Waals surface area contributed by atoms with E-state index in [-0.39, 0.29) is 17.2 Å². The molecule has 0 spiro atoms.